The van der Waals surface area contributed by atoms with Crippen LogP contribution in [0.25, 0.3) is 0 Å². The van der Waals surface area contributed by atoms with E-state index in [4.69, 9.17) is 9.63 Å². The molecule has 96 valence electrons. The van der Waals surface area contributed by atoms with Gasteiger partial charge in [-0.2, -0.15) is 4.98 Å². The molecule has 1 rings (SSSR count). The Balaban J connectivity index is 2.60. The fourth-order valence-electron chi connectivity index (χ4n) is 1.59. The lowest BCUT2D eigenvalue weighted by Crippen LogP contribution is -2.32. The largest absolute Gasteiger partial charge is 0.480 e. The highest BCUT2D eigenvalue weighted by Gasteiger charge is 2.15. The summed E-state index contributed by atoms with van der Waals surface area (Å²) in [5, 5.41) is 12.6. The predicted octanol–water partition coefficient (Wildman–Crippen LogP) is 1.17. The van der Waals surface area contributed by atoms with Gasteiger partial charge in [0.2, 0.25) is 5.89 Å². The summed E-state index contributed by atoms with van der Waals surface area (Å²) in [5.74, 6) is 0.681. The van der Waals surface area contributed by atoms with Crippen molar-refractivity contribution in [2.45, 2.75) is 33.7 Å². The smallest absolute Gasteiger partial charge is 0.317 e. The summed E-state index contributed by atoms with van der Waals surface area (Å²) in [6.07, 6.45) is 0.691. The monoisotopic (exact) mass is 241 g/mol. The van der Waals surface area contributed by atoms with Gasteiger partial charge in [0, 0.05) is 13.0 Å². The van der Waals surface area contributed by atoms with E-state index < -0.39 is 5.97 Å². The van der Waals surface area contributed by atoms with Crippen LogP contribution < -0.4 is 0 Å². The van der Waals surface area contributed by atoms with E-state index in [0.717, 1.165) is 0 Å². The van der Waals surface area contributed by atoms with Crippen molar-refractivity contribution in [3.05, 3.63) is 11.7 Å². The molecule has 0 saturated heterocycles. The SMILES string of the molecule is CCc1nc(CN(CC(=O)O)CC(C)C)no1. The van der Waals surface area contributed by atoms with E-state index in [0.29, 0.717) is 37.1 Å². The molecule has 0 spiro atoms. The molecule has 6 nitrogen and oxygen atoms in total. The van der Waals surface area contributed by atoms with E-state index in [-0.39, 0.29) is 6.54 Å². The summed E-state index contributed by atoms with van der Waals surface area (Å²) in [7, 11) is 0. The fraction of sp³-hybridized carbons (Fsp3) is 0.727. The molecule has 0 fully saturated rings. The Morgan fingerprint density at radius 3 is 2.71 bits per heavy atom. The van der Waals surface area contributed by atoms with Crippen molar-refractivity contribution < 1.29 is 14.4 Å². The molecule has 0 saturated carbocycles. The average Bonchev–Trinajstić information content (AvgIpc) is 2.63. The summed E-state index contributed by atoms with van der Waals surface area (Å²) in [6, 6.07) is 0. The van der Waals surface area contributed by atoms with Crippen LogP contribution in [0.4, 0.5) is 0 Å². The van der Waals surface area contributed by atoms with Gasteiger partial charge in [-0.3, -0.25) is 9.69 Å². The second-order valence-corrected chi connectivity index (χ2v) is 4.42. The van der Waals surface area contributed by atoms with Crippen LogP contribution in [0.5, 0.6) is 0 Å². The maximum atomic E-state index is 10.7. The van der Waals surface area contributed by atoms with Crippen LogP contribution in [0.15, 0.2) is 4.52 Å². The summed E-state index contributed by atoms with van der Waals surface area (Å²) in [4.78, 5) is 16.7. The van der Waals surface area contributed by atoms with E-state index >= 15 is 0 Å². The first kappa shape index (κ1) is 13.6. The van der Waals surface area contributed by atoms with Crippen molar-refractivity contribution >= 4 is 5.97 Å². The van der Waals surface area contributed by atoms with E-state index in [9.17, 15) is 4.79 Å². The van der Waals surface area contributed by atoms with Gasteiger partial charge < -0.3 is 9.63 Å². The third-order valence-corrected chi connectivity index (χ3v) is 2.16. The predicted molar refractivity (Wildman–Crippen MR) is 61.4 cm³/mol. The number of aromatic nitrogens is 2. The minimum absolute atomic E-state index is 0.00578. The topological polar surface area (TPSA) is 79.5 Å². The van der Waals surface area contributed by atoms with Gasteiger partial charge in [0.05, 0.1) is 13.1 Å². The zero-order valence-corrected chi connectivity index (χ0v) is 10.5. The Hall–Kier alpha value is -1.43. The molecule has 1 N–H and O–H groups in total. The van der Waals surface area contributed by atoms with E-state index in [1.165, 1.54) is 0 Å². The van der Waals surface area contributed by atoms with Crippen molar-refractivity contribution in [1.82, 2.24) is 15.0 Å². The molecule has 0 bridgehead atoms. The van der Waals surface area contributed by atoms with Crippen LogP contribution in [0.1, 0.15) is 32.5 Å². The normalized spacial score (nSPS) is 11.4. The Kier molecular flexibility index (Phi) is 5.09. The fourth-order valence-corrected chi connectivity index (χ4v) is 1.59. The number of rotatable bonds is 7. The lowest BCUT2D eigenvalue weighted by Gasteiger charge is -2.20. The number of aryl methyl sites for hydroxylation is 1. The van der Waals surface area contributed by atoms with Crippen LogP contribution in [0.3, 0.4) is 0 Å². The molecular formula is C11H19N3O3. The molecule has 0 aliphatic rings. The number of nitrogens with zero attached hydrogens (tertiary/aromatic N) is 3. The molecule has 6 heteroatoms. The van der Waals surface area contributed by atoms with Crippen molar-refractivity contribution in [3.63, 3.8) is 0 Å². The Morgan fingerprint density at radius 2 is 2.24 bits per heavy atom. The van der Waals surface area contributed by atoms with Crippen LogP contribution in [-0.4, -0.2) is 39.2 Å². The van der Waals surface area contributed by atoms with Gasteiger partial charge in [0.1, 0.15) is 0 Å². The highest BCUT2D eigenvalue weighted by atomic mass is 16.5. The molecule has 1 heterocycles. The van der Waals surface area contributed by atoms with Crippen molar-refractivity contribution in [1.29, 1.82) is 0 Å². The van der Waals surface area contributed by atoms with Crippen molar-refractivity contribution in [3.8, 4) is 0 Å². The first-order valence-corrected chi connectivity index (χ1v) is 5.76. The summed E-state index contributed by atoms with van der Waals surface area (Å²) in [5.41, 5.74) is 0. The third-order valence-electron chi connectivity index (χ3n) is 2.16. The maximum Gasteiger partial charge on any atom is 0.317 e. The highest BCUT2D eigenvalue weighted by molar-refractivity contribution is 5.69. The molecule has 0 aliphatic heterocycles. The lowest BCUT2D eigenvalue weighted by molar-refractivity contribution is -0.138. The van der Waals surface area contributed by atoms with Gasteiger partial charge in [-0.25, -0.2) is 0 Å². The molecule has 0 aromatic carbocycles. The molecule has 0 radical (unpaired) electrons. The van der Waals surface area contributed by atoms with Gasteiger partial charge in [0.25, 0.3) is 0 Å². The molecular weight excluding hydrogens is 222 g/mol. The number of carbonyl (C=O) groups is 1. The molecule has 17 heavy (non-hydrogen) atoms. The van der Waals surface area contributed by atoms with E-state index in [2.05, 4.69) is 10.1 Å². The van der Waals surface area contributed by atoms with Crippen LogP contribution in [0.2, 0.25) is 0 Å². The highest BCUT2D eigenvalue weighted by Crippen LogP contribution is 2.05. The first-order chi connectivity index (χ1) is 8.01. The molecule has 1 aromatic rings. The average molecular weight is 241 g/mol. The third kappa shape index (κ3) is 4.95. The first-order valence-electron chi connectivity index (χ1n) is 5.76. The maximum absolute atomic E-state index is 10.7. The van der Waals surface area contributed by atoms with Gasteiger partial charge in [-0.1, -0.05) is 25.9 Å². The Labute approximate surface area is 101 Å². The molecule has 1 aromatic heterocycles. The number of hydrogen-bond donors (Lipinski definition) is 1. The number of hydrogen-bond acceptors (Lipinski definition) is 5. The van der Waals surface area contributed by atoms with E-state index in [1.807, 2.05) is 20.8 Å². The van der Waals surface area contributed by atoms with Gasteiger partial charge in [-0.15, -0.1) is 0 Å². The zero-order valence-electron chi connectivity index (χ0n) is 10.5. The van der Waals surface area contributed by atoms with Gasteiger partial charge >= 0.3 is 5.97 Å². The zero-order chi connectivity index (χ0) is 12.8. The Bertz CT molecular complexity index is 363. The van der Waals surface area contributed by atoms with Gasteiger partial charge in [0.15, 0.2) is 5.82 Å². The molecule has 0 unspecified atom stereocenters. The van der Waals surface area contributed by atoms with E-state index in [1.54, 1.807) is 4.90 Å². The minimum atomic E-state index is -0.843. The molecule has 0 amide bonds. The standard InChI is InChI=1S/C11H19N3O3/c1-4-10-12-9(13-17-10)6-14(5-8(2)3)7-11(15)16/h8H,4-7H2,1-3H3,(H,15,16). The molecule has 0 atom stereocenters. The second kappa shape index (κ2) is 6.34. The number of carboxylic acid groups (broad SMARTS) is 1. The van der Waals surface area contributed by atoms with Crippen molar-refractivity contribution in [2.24, 2.45) is 5.92 Å². The summed E-state index contributed by atoms with van der Waals surface area (Å²) in [6.45, 7) is 7.12. The minimum Gasteiger partial charge on any atom is -0.480 e. The Morgan fingerprint density at radius 1 is 1.53 bits per heavy atom. The lowest BCUT2D eigenvalue weighted by atomic mass is 10.2. The summed E-state index contributed by atoms with van der Waals surface area (Å²) < 4.78 is 4.99. The quantitative estimate of drug-likeness (QED) is 0.772. The van der Waals surface area contributed by atoms with Crippen LogP contribution in [0, 0.1) is 5.92 Å². The van der Waals surface area contributed by atoms with Gasteiger partial charge in [-0.05, 0) is 5.92 Å². The summed E-state index contributed by atoms with van der Waals surface area (Å²) >= 11 is 0. The number of carboxylic acids is 1. The second-order valence-electron chi connectivity index (χ2n) is 4.42. The van der Waals surface area contributed by atoms with Crippen molar-refractivity contribution in [2.75, 3.05) is 13.1 Å². The number of aliphatic carboxylic acids is 1. The molecule has 0 aliphatic carbocycles. The van der Waals surface area contributed by atoms with Crippen LogP contribution in [-0.2, 0) is 17.8 Å². The van der Waals surface area contributed by atoms with Crippen LogP contribution >= 0.6 is 0 Å².